The Labute approximate surface area is 251 Å². The molecule has 1 amide bonds. The molecule has 2 saturated carbocycles. The molecule has 1 saturated heterocycles. The second-order valence-corrected chi connectivity index (χ2v) is 13.0. The van der Waals surface area contributed by atoms with Crippen LogP contribution in [0.4, 0.5) is 0 Å². The Kier molecular flexibility index (Phi) is 9.58. The summed E-state index contributed by atoms with van der Waals surface area (Å²) in [6.45, 7) is 4.38. The van der Waals surface area contributed by atoms with Crippen molar-refractivity contribution in [3.8, 4) is 5.75 Å². The summed E-state index contributed by atoms with van der Waals surface area (Å²) >= 11 is 0. The quantitative estimate of drug-likeness (QED) is 0.337. The average molecular weight is 577 g/mol. The summed E-state index contributed by atoms with van der Waals surface area (Å²) in [6.07, 6.45) is 9.70. The fourth-order valence-corrected chi connectivity index (χ4v) is 7.90. The SMILES string of the molecule is COc1ccc(C2CCCC2)cc1CN[C@H]1[C@H](C(C)(C)OC)[C@@H](C(=O)O)N(C(=O)C2CCCCC2)[C@H]1c1ccccc1. The maximum Gasteiger partial charge on any atom is 0.326 e. The lowest BCUT2D eigenvalue weighted by Crippen LogP contribution is -2.53. The third-order valence-electron chi connectivity index (χ3n) is 10.3. The van der Waals surface area contributed by atoms with Crippen molar-refractivity contribution in [3.63, 3.8) is 0 Å². The smallest absolute Gasteiger partial charge is 0.326 e. The fourth-order valence-electron chi connectivity index (χ4n) is 7.90. The van der Waals surface area contributed by atoms with Gasteiger partial charge in [0.15, 0.2) is 0 Å². The molecule has 1 aliphatic heterocycles. The van der Waals surface area contributed by atoms with Crippen molar-refractivity contribution in [3.05, 3.63) is 65.2 Å². The number of carbonyl (C=O) groups excluding carboxylic acids is 1. The van der Waals surface area contributed by atoms with Gasteiger partial charge in [-0.05, 0) is 62.6 Å². The van der Waals surface area contributed by atoms with Gasteiger partial charge in [0, 0.05) is 37.1 Å². The highest BCUT2D eigenvalue weighted by Crippen LogP contribution is 2.48. The zero-order valence-electron chi connectivity index (χ0n) is 25.7. The number of hydrogen-bond acceptors (Lipinski definition) is 5. The van der Waals surface area contributed by atoms with E-state index in [0.717, 1.165) is 49.0 Å². The molecule has 4 atom stereocenters. The summed E-state index contributed by atoms with van der Waals surface area (Å²) in [4.78, 5) is 29.2. The van der Waals surface area contributed by atoms with Gasteiger partial charge in [-0.3, -0.25) is 4.79 Å². The summed E-state index contributed by atoms with van der Waals surface area (Å²) in [5.41, 5.74) is 2.51. The number of benzene rings is 2. The number of hydrogen-bond donors (Lipinski definition) is 2. The van der Waals surface area contributed by atoms with Crippen molar-refractivity contribution in [1.82, 2.24) is 10.2 Å². The first-order chi connectivity index (χ1) is 20.3. The van der Waals surface area contributed by atoms with Crippen LogP contribution in [0.15, 0.2) is 48.5 Å². The van der Waals surface area contributed by atoms with Gasteiger partial charge >= 0.3 is 5.97 Å². The molecule has 3 fully saturated rings. The highest BCUT2D eigenvalue weighted by Gasteiger charge is 2.59. The molecule has 0 aromatic heterocycles. The van der Waals surface area contributed by atoms with E-state index in [-0.39, 0.29) is 17.9 Å². The van der Waals surface area contributed by atoms with Crippen molar-refractivity contribution in [2.24, 2.45) is 11.8 Å². The minimum Gasteiger partial charge on any atom is -0.496 e. The summed E-state index contributed by atoms with van der Waals surface area (Å²) in [5, 5.41) is 14.6. The third-order valence-corrected chi connectivity index (χ3v) is 10.3. The first kappa shape index (κ1) is 30.6. The van der Waals surface area contributed by atoms with E-state index in [1.165, 1.54) is 31.2 Å². The number of rotatable bonds is 10. The Morgan fingerprint density at radius 2 is 1.60 bits per heavy atom. The van der Waals surface area contributed by atoms with Crippen LogP contribution >= 0.6 is 0 Å². The molecule has 42 heavy (non-hydrogen) atoms. The van der Waals surface area contributed by atoms with E-state index in [9.17, 15) is 14.7 Å². The Balaban J connectivity index is 1.57. The van der Waals surface area contributed by atoms with Gasteiger partial charge in [-0.2, -0.15) is 0 Å². The summed E-state index contributed by atoms with van der Waals surface area (Å²) in [7, 11) is 3.32. The van der Waals surface area contributed by atoms with E-state index in [4.69, 9.17) is 9.47 Å². The maximum absolute atomic E-state index is 14.3. The second kappa shape index (κ2) is 13.2. The van der Waals surface area contributed by atoms with Gasteiger partial charge in [0.2, 0.25) is 5.91 Å². The van der Waals surface area contributed by atoms with Crippen molar-refractivity contribution in [1.29, 1.82) is 0 Å². The molecule has 1 heterocycles. The van der Waals surface area contributed by atoms with Crippen LogP contribution in [0.1, 0.15) is 100 Å². The van der Waals surface area contributed by atoms with E-state index < -0.39 is 29.6 Å². The molecule has 2 aromatic carbocycles. The molecule has 7 nitrogen and oxygen atoms in total. The Bertz CT molecular complexity index is 1220. The highest BCUT2D eigenvalue weighted by molar-refractivity contribution is 5.87. The Morgan fingerprint density at radius 3 is 2.21 bits per heavy atom. The molecule has 3 aliphatic rings. The molecule has 5 rings (SSSR count). The van der Waals surface area contributed by atoms with Gasteiger partial charge in [-0.1, -0.05) is 74.6 Å². The molecule has 0 bridgehead atoms. The number of nitrogens with one attached hydrogen (secondary N) is 1. The number of carboxylic acid groups (broad SMARTS) is 1. The molecular weight excluding hydrogens is 528 g/mol. The lowest BCUT2D eigenvalue weighted by molar-refractivity contribution is -0.156. The average Bonchev–Trinajstić information content (AvgIpc) is 3.68. The van der Waals surface area contributed by atoms with Crippen LogP contribution in [0.2, 0.25) is 0 Å². The van der Waals surface area contributed by atoms with Crippen molar-refractivity contribution in [2.75, 3.05) is 14.2 Å². The number of methoxy groups -OCH3 is 2. The minimum absolute atomic E-state index is 0.0435. The second-order valence-electron chi connectivity index (χ2n) is 13.0. The van der Waals surface area contributed by atoms with Crippen LogP contribution in [-0.2, 0) is 20.9 Å². The van der Waals surface area contributed by atoms with Crippen LogP contribution in [0.25, 0.3) is 0 Å². The van der Waals surface area contributed by atoms with Gasteiger partial charge in [0.1, 0.15) is 11.8 Å². The molecule has 0 radical (unpaired) electrons. The van der Waals surface area contributed by atoms with Crippen LogP contribution < -0.4 is 10.1 Å². The number of carboxylic acids is 1. The van der Waals surface area contributed by atoms with E-state index >= 15 is 0 Å². The lowest BCUT2D eigenvalue weighted by Gasteiger charge is -2.37. The number of aliphatic carboxylic acids is 1. The standard InChI is InChI=1S/C35H48N2O5/c1-35(2,42-4)29-30(36-22-27-21-26(19-20-28(27)41-3)23-13-11-12-14-23)31(24-15-7-5-8-16-24)37(32(29)34(39)40)33(38)25-17-9-6-10-18-25/h5,7-8,15-16,19-21,23,25,29-32,36H,6,9-14,17-18,22H2,1-4H3,(H,39,40)/t29-,30-,31-,32-/m0/s1. The summed E-state index contributed by atoms with van der Waals surface area (Å²) in [5.74, 6) is -0.301. The first-order valence-electron chi connectivity index (χ1n) is 15.8. The van der Waals surface area contributed by atoms with Gasteiger partial charge in [0.05, 0.1) is 18.8 Å². The number of nitrogens with zero attached hydrogens (tertiary/aromatic N) is 1. The molecule has 2 aliphatic carbocycles. The normalized spacial score (nSPS) is 25.6. The predicted molar refractivity (Wildman–Crippen MR) is 163 cm³/mol. The fraction of sp³-hybridized carbons (Fsp3) is 0.600. The Hall–Kier alpha value is -2.90. The molecule has 7 heteroatoms. The van der Waals surface area contributed by atoms with E-state index in [0.29, 0.717) is 12.5 Å². The van der Waals surface area contributed by atoms with E-state index in [1.807, 2.05) is 44.2 Å². The molecule has 2 N–H and O–H groups in total. The lowest BCUT2D eigenvalue weighted by atomic mass is 9.79. The van der Waals surface area contributed by atoms with Crippen LogP contribution in [0.3, 0.4) is 0 Å². The van der Waals surface area contributed by atoms with Crippen LogP contribution in [0, 0.1) is 11.8 Å². The van der Waals surface area contributed by atoms with Crippen LogP contribution in [0.5, 0.6) is 5.75 Å². The van der Waals surface area contributed by atoms with Crippen molar-refractivity contribution >= 4 is 11.9 Å². The molecule has 228 valence electrons. The van der Waals surface area contributed by atoms with Gasteiger partial charge in [-0.15, -0.1) is 0 Å². The topological polar surface area (TPSA) is 88.1 Å². The zero-order valence-corrected chi connectivity index (χ0v) is 25.7. The number of carbonyl (C=O) groups is 2. The van der Waals surface area contributed by atoms with Crippen molar-refractivity contribution < 1.29 is 24.2 Å². The molecule has 2 aromatic rings. The highest BCUT2D eigenvalue weighted by atomic mass is 16.5. The largest absolute Gasteiger partial charge is 0.496 e. The minimum atomic E-state index is -1.02. The van der Waals surface area contributed by atoms with E-state index in [1.54, 1.807) is 19.1 Å². The molecule has 0 unspecified atom stereocenters. The number of likely N-dealkylation sites (tertiary alicyclic amines) is 1. The van der Waals surface area contributed by atoms with Crippen molar-refractivity contribution in [2.45, 2.75) is 108 Å². The number of ether oxygens (including phenoxy) is 2. The zero-order chi connectivity index (χ0) is 29.9. The van der Waals surface area contributed by atoms with Gasteiger partial charge in [-0.25, -0.2) is 4.79 Å². The predicted octanol–water partition coefficient (Wildman–Crippen LogP) is 6.47. The summed E-state index contributed by atoms with van der Waals surface area (Å²) < 4.78 is 11.8. The maximum atomic E-state index is 14.3. The van der Waals surface area contributed by atoms with Crippen LogP contribution in [-0.4, -0.2) is 53.8 Å². The van der Waals surface area contributed by atoms with Gasteiger partial charge < -0.3 is 24.8 Å². The molecular formula is C35H48N2O5. The monoisotopic (exact) mass is 576 g/mol. The third kappa shape index (κ3) is 6.09. The number of amides is 1. The van der Waals surface area contributed by atoms with E-state index in [2.05, 4.69) is 23.5 Å². The summed E-state index contributed by atoms with van der Waals surface area (Å²) in [6, 6.07) is 14.6. The van der Waals surface area contributed by atoms with Gasteiger partial charge in [0.25, 0.3) is 0 Å². The first-order valence-corrected chi connectivity index (χ1v) is 15.8. The Morgan fingerprint density at radius 1 is 0.929 bits per heavy atom. The molecule has 0 spiro atoms.